The molecule has 0 saturated carbocycles. The molecule has 2 heterocycles. The first-order valence-corrected chi connectivity index (χ1v) is 6.35. The van der Waals surface area contributed by atoms with Crippen LogP contribution in [0.3, 0.4) is 0 Å². The zero-order chi connectivity index (χ0) is 13.1. The molecular formula is C15H16N2O2. The zero-order valence-corrected chi connectivity index (χ0v) is 10.8. The van der Waals surface area contributed by atoms with Crippen molar-refractivity contribution in [3.63, 3.8) is 0 Å². The molecule has 1 aromatic heterocycles. The highest BCUT2D eigenvalue weighted by atomic mass is 16.6. The average molecular weight is 256 g/mol. The van der Waals surface area contributed by atoms with Gasteiger partial charge in [-0.25, -0.2) is 0 Å². The number of hydrogen-bond donors (Lipinski definition) is 1. The van der Waals surface area contributed by atoms with Gasteiger partial charge in [0.2, 0.25) is 0 Å². The lowest BCUT2D eigenvalue weighted by Gasteiger charge is -2.19. The van der Waals surface area contributed by atoms with E-state index in [0.717, 1.165) is 34.7 Å². The van der Waals surface area contributed by atoms with Crippen molar-refractivity contribution in [2.75, 3.05) is 20.3 Å². The van der Waals surface area contributed by atoms with Gasteiger partial charge in [0, 0.05) is 24.5 Å². The Balaban J connectivity index is 1.95. The first kappa shape index (κ1) is 12.0. The number of nitrogens with zero attached hydrogens (tertiary/aromatic N) is 1. The summed E-state index contributed by atoms with van der Waals surface area (Å²) in [7, 11) is 1.93. The molecule has 2 aromatic rings. The number of nitrogens with one attached hydrogen (secondary N) is 1. The van der Waals surface area contributed by atoms with E-state index >= 15 is 0 Å². The van der Waals surface area contributed by atoms with Crippen LogP contribution in [0.5, 0.6) is 11.5 Å². The third-order valence-electron chi connectivity index (χ3n) is 3.05. The van der Waals surface area contributed by atoms with E-state index in [2.05, 4.69) is 16.4 Å². The van der Waals surface area contributed by atoms with Crippen LogP contribution in [-0.2, 0) is 6.54 Å². The quantitative estimate of drug-likeness (QED) is 0.914. The first-order chi connectivity index (χ1) is 9.36. The number of pyridine rings is 1. The van der Waals surface area contributed by atoms with Crippen LogP contribution < -0.4 is 14.8 Å². The fraction of sp³-hybridized carbons (Fsp3) is 0.267. The Labute approximate surface area is 112 Å². The van der Waals surface area contributed by atoms with Crippen molar-refractivity contribution in [3.05, 3.63) is 42.2 Å². The number of rotatable bonds is 3. The SMILES string of the molecule is CNCc1cncc(-c2ccc3c(c2)OCCO3)c1. The fourth-order valence-electron chi connectivity index (χ4n) is 2.17. The van der Waals surface area contributed by atoms with Crippen molar-refractivity contribution in [1.82, 2.24) is 10.3 Å². The lowest BCUT2D eigenvalue weighted by molar-refractivity contribution is 0.171. The minimum Gasteiger partial charge on any atom is -0.486 e. The molecule has 1 N–H and O–H groups in total. The molecular weight excluding hydrogens is 240 g/mol. The molecule has 98 valence electrons. The van der Waals surface area contributed by atoms with Crippen LogP contribution in [0.25, 0.3) is 11.1 Å². The number of aromatic nitrogens is 1. The topological polar surface area (TPSA) is 43.4 Å². The number of benzene rings is 1. The van der Waals surface area contributed by atoms with Gasteiger partial charge >= 0.3 is 0 Å². The summed E-state index contributed by atoms with van der Waals surface area (Å²) in [6.07, 6.45) is 3.74. The Hall–Kier alpha value is -2.07. The van der Waals surface area contributed by atoms with E-state index in [0.29, 0.717) is 13.2 Å². The molecule has 0 spiro atoms. The predicted molar refractivity (Wildman–Crippen MR) is 73.4 cm³/mol. The van der Waals surface area contributed by atoms with Gasteiger partial charge in [0.05, 0.1) is 0 Å². The molecule has 4 nitrogen and oxygen atoms in total. The Bertz CT molecular complexity index is 584. The van der Waals surface area contributed by atoms with Gasteiger partial charge in [0.1, 0.15) is 13.2 Å². The van der Waals surface area contributed by atoms with Crippen LogP contribution in [0.2, 0.25) is 0 Å². The van der Waals surface area contributed by atoms with Gasteiger partial charge in [-0.1, -0.05) is 6.07 Å². The van der Waals surface area contributed by atoms with Crippen molar-refractivity contribution in [2.45, 2.75) is 6.54 Å². The monoisotopic (exact) mass is 256 g/mol. The molecule has 0 fully saturated rings. The van der Waals surface area contributed by atoms with E-state index in [1.165, 1.54) is 0 Å². The molecule has 0 aliphatic carbocycles. The third kappa shape index (κ3) is 2.53. The van der Waals surface area contributed by atoms with Crippen LogP contribution in [0.15, 0.2) is 36.7 Å². The van der Waals surface area contributed by atoms with Gasteiger partial charge in [-0.15, -0.1) is 0 Å². The number of hydrogen-bond acceptors (Lipinski definition) is 4. The molecule has 0 unspecified atom stereocenters. The summed E-state index contributed by atoms with van der Waals surface area (Å²) in [6.45, 7) is 2.03. The van der Waals surface area contributed by atoms with Crippen molar-refractivity contribution >= 4 is 0 Å². The van der Waals surface area contributed by atoms with Crippen molar-refractivity contribution in [3.8, 4) is 22.6 Å². The van der Waals surface area contributed by atoms with E-state index in [4.69, 9.17) is 9.47 Å². The summed E-state index contributed by atoms with van der Waals surface area (Å²) in [5, 5.41) is 3.13. The molecule has 3 rings (SSSR count). The van der Waals surface area contributed by atoms with Crippen molar-refractivity contribution < 1.29 is 9.47 Å². The van der Waals surface area contributed by atoms with Gasteiger partial charge < -0.3 is 14.8 Å². The molecule has 19 heavy (non-hydrogen) atoms. The molecule has 1 aliphatic heterocycles. The first-order valence-electron chi connectivity index (χ1n) is 6.35. The molecule has 0 radical (unpaired) electrons. The molecule has 0 atom stereocenters. The summed E-state index contributed by atoms with van der Waals surface area (Å²) in [6, 6.07) is 8.13. The zero-order valence-electron chi connectivity index (χ0n) is 10.8. The highest BCUT2D eigenvalue weighted by molar-refractivity contribution is 5.67. The molecule has 0 saturated heterocycles. The van der Waals surface area contributed by atoms with Crippen LogP contribution in [-0.4, -0.2) is 25.2 Å². The van der Waals surface area contributed by atoms with E-state index in [1.807, 2.05) is 37.6 Å². The van der Waals surface area contributed by atoms with E-state index in [1.54, 1.807) is 0 Å². The highest BCUT2D eigenvalue weighted by Crippen LogP contribution is 2.34. The Morgan fingerprint density at radius 3 is 2.74 bits per heavy atom. The van der Waals surface area contributed by atoms with Gasteiger partial charge in [0.25, 0.3) is 0 Å². The summed E-state index contributed by atoms with van der Waals surface area (Å²) >= 11 is 0. The minimum absolute atomic E-state index is 0.606. The summed E-state index contributed by atoms with van der Waals surface area (Å²) < 4.78 is 11.1. The lowest BCUT2D eigenvalue weighted by Crippen LogP contribution is -2.15. The Kier molecular flexibility index (Phi) is 3.33. The Morgan fingerprint density at radius 1 is 1.05 bits per heavy atom. The maximum atomic E-state index is 5.61. The summed E-state index contributed by atoms with van der Waals surface area (Å²) in [4.78, 5) is 4.28. The van der Waals surface area contributed by atoms with Gasteiger partial charge in [-0.2, -0.15) is 0 Å². The molecule has 1 aliphatic rings. The largest absolute Gasteiger partial charge is 0.486 e. The van der Waals surface area contributed by atoms with E-state index in [-0.39, 0.29) is 0 Å². The Morgan fingerprint density at radius 2 is 1.89 bits per heavy atom. The highest BCUT2D eigenvalue weighted by Gasteiger charge is 2.12. The van der Waals surface area contributed by atoms with E-state index < -0.39 is 0 Å². The van der Waals surface area contributed by atoms with Gasteiger partial charge in [0.15, 0.2) is 11.5 Å². The molecule has 1 aromatic carbocycles. The summed E-state index contributed by atoms with van der Waals surface area (Å²) in [5.41, 5.74) is 3.34. The molecule has 4 heteroatoms. The smallest absolute Gasteiger partial charge is 0.161 e. The fourth-order valence-corrected chi connectivity index (χ4v) is 2.17. The average Bonchev–Trinajstić information content (AvgIpc) is 2.47. The van der Waals surface area contributed by atoms with Crippen LogP contribution in [0.4, 0.5) is 0 Å². The normalized spacial score (nSPS) is 13.3. The van der Waals surface area contributed by atoms with Crippen LogP contribution in [0.1, 0.15) is 5.56 Å². The summed E-state index contributed by atoms with van der Waals surface area (Å²) in [5.74, 6) is 1.62. The minimum atomic E-state index is 0.606. The third-order valence-corrected chi connectivity index (χ3v) is 3.05. The second-order valence-corrected chi connectivity index (χ2v) is 4.47. The second-order valence-electron chi connectivity index (χ2n) is 4.47. The standard InChI is InChI=1S/C15H16N2O2/c1-16-8-11-6-13(10-17-9-11)12-2-3-14-15(7-12)19-5-4-18-14/h2-3,6-7,9-10,16H,4-5,8H2,1H3. The lowest BCUT2D eigenvalue weighted by atomic mass is 10.1. The van der Waals surface area contributed by atoms with Crippen molar-refractivity contribution in [2.24, 2.45) is 0 Å². The van der Waals surface area contributed by atoms with Gasteiger partial charge in [-0.05, 0) is 36.4 Å². The number of ether oxygens (including phenoxy) is 2. The van der Waals surface area contributed by atoms with Gasteiger partial charge in [-0.3, -0.25) is 4.98 Å². The van der Waals surface area contributed by atoms with Crippen LogP contribution in [0, 0.1) is 0 Å². The molecule has 0 amide bonds. The predicted octanol–water partition coefficient (Wildman–Crippen LogP) is 2.24. The van der Waals surface area contributed by atoms with E-state index in [9.17, 15) is 0 Å². The maximum Gasteiger partial charge on any atom is 0.161 e. The van der Waals surface area contributed by atoms with Crippen LogP contribution >= 0.6 is 0 Å². The second kappa shape index (κ2) is 5.28. The van der Waals surface area contributed by atoms with Crippen molar-refractivity contribution in [1.29, 1.82) is 0 Å². The molecule has 0 bridgehead atoms. The maximum absolute atomic E-state index is 5.61. The number of fused-ring (bicyclic) bond motifs is 1.